The molecule has 1 aromatic rings. The van der Waals surface area contributed by atoms with Crippen LogP contribution >= 0.6 is 0 Å². The van der Waals surface area contributed by atoms with Gasteiger partial charge in [0.1, 0.15) is 0 Å². The summed E-state index contributed by atoms with van der Waals surface area (Å²) in [5, 5.41) is 11.9. The van der Waals surface area contributed by atoms with E-state index in [1.807, 2.05) is 18.2 Å². The zero-order valence-electron chi connectivity index (χ0n) is 13.0. The number of hydrogen-bond donors (Lipinski definition) is 2. The number of carbonyl (C=O) groups is 1. The Kier molecular flexibility index (Phi) is 5.76. The molecular formula is C17H26N2O2. The summed E-state index contributed by atoms with van der Waals surface area (Å²) in [5.74, 6) is 0.453. The maximum atomic E-state index is 11.7. The fourth-order valence-corrected chi connectivity index (χ4v) is 3.14. The molecule has 1 aromatic carbocycles. The fourth-order valence-electron chi connectivity index (χ4n) is 3.14. The van der Waals surface area contributed by atoms with E-state index in [2.05, 4.69) is 23.3 Å². The van der Waals surface area contributed by atoms with Gasteiger partial charge < -0.3 is 10.4 Å². The zero-order valence-corrected chi connectivity index (χ0v) is 13.0. The number of nitrogens with zero attached hydrogens (tertiary/aromatic N) is 1. The van der Waals surface area contributed by atoms with Crippen LogP contribution in [0.4, 0.5) is 0 Å². The molecular weight excluding hydrogens is 264 g/mol. The van der Waals surface area contributed by atoms with Crippen molar-refractivity contribution in [1.82, 2.24) is 10.2 Å². The molecule has 0 bridgehead atoms. The van der Waals surface area contributed by atoms with Gasteiger partial charge in [-0.15, -0.1) is 0 Å². The van der Waals surface area contributed by atoms with E-state index in [0.29, 0.717) is 24.1 Å². The molecule has 21 heavy (non-hydrogen) atoms. The van der Waals surface area contributed by atoms with Gasteiger partial charge in [-0.05, 0) is 56.3 Å². The number of hydrogen-bond acceptors (Lipinski definition) is 3. The maximum Gasteiger partial charge on any atom is 0.251 e. The Hall–Kier alpha value is -1.39. The summed E-state index contributed by atoms with van der Waals surface area (Å²) in [7, 11) is 3.80. The number of benzene rings is 1. The predicted octanol–water partition coefficient (Wildman–Crippen LogP) is 2.03. The lowest BCUT2D eigenvalue weighted by Gasteiger charge is -2.34. The highest BCUT2D eigenvalue weighted by molar-refractivity contribution is 5.94. The SMILES string of the molecule is CNC(=O)c1cccc(CN(C)C2CCC(CO)CC2)c1. The Labute approximate surface area is 127 Å². The van der Waals surface area contributed by atoms with E-state index in [-0.39, 0.29) is 5.91 Å². The van der Waals surface area contributed by atoms with Gasteiger partial charge in [-0.1, -0.05) is 12.1 Å². The van der Waals surface area contributed by atoms with Gasteiger partial charge in [-0.2, -0.15) is 0 Å². The summed E-state index contributed by atoms with van der Waals surface area (Å²) in [6, 6.07) is 8.40. The molecule has 116 valence electrons. The molecule has 0 spiro atoms. The van der Waals surface area contributed by atoms with Crippen LogP contribution in [0, 0.1) is 5.92 Å². The lowest BCUT2D eigenvalue weighted by molar-refractivity contribution is 0.0962. The minimum absolute atomic E-state index is 0.0389. The van der Waals surface area contributed by atoms with Crippen LogP contribution in [0.15, 0.2) is 24.3 Å². The molecule has 1 fully saturated rings. The molecule has 0 unspecified atom stereocenters. The van der Waals surface area contributed by atoms with Gasteiger partial charge in [0, 0.05) is 31.8 Å². The van der Waals surface area contributed by atoms with Crippen LogP contribution in [0.1, 0.15) is 41.6 Å². The maximum absolute atomic E-state index is 11.7. The topological polar surface area (TPSA) is 52.6 Å². The molecule has 4 nitrogen and oxygen atoms in total. The van der Waals surface area contributed by atoms with Crippen LogP contribution in [0.5, 0.6) is 0 Å². The third kappa shape index (κ3) is 4.29. The standard InChI is InChI=1S/C17H26N2O2/c1-18-17(21)15-5-3-4-14(10-15)11-19(2)16-8-6-13(12-20)7-9-16/h3-5,10,13,16,20H,6-9,11-12H2,1-2H3,(H,18,21). The van der Waals surface area contributed by atoms with E-state index < -0.39 is 0 Å². The van der Waals surface area contributed by atoms with Crippen molar-refractivity contribution in [3.63, 3.8) is 0 Å². The van der Waals surface area contributed by atoms with Crippen molar-refractivity contribution >= 4 is 5.91 Å². The average Bonchev–Trinajstić information content (AvgIpc) is 2.54. The third-order valence-electron chi connectivity index (χ3n) is 4.55. The Morgan fingerprint density at radius 3 is 2.67 bits per heavy atom. The summed E-state index contributed by atoms with van der Waals surface area (Å²) in [4.78, 5) is 14.0. The van der Waals surface area contributed by atoms with Crippen molar-refractivity contribution in [3.8, 4) is 0 Å². The minimum Gasteiger partial charge on any atom is -0.396 e. The van der Waals surface area contributed by atoms with E-state index >= 15 is 0 Å². The van der Waals surface area contributed by atoms with Crippen LogP contribution in [-0.4, -0.2) is 42.7 Å². The van der Waals surface area contributed by atoms with Crippen molar-refractivity contribution in [3.05, 3.63) is 35.4 Å². The largest absolute Gasteiger partial charge is 0.396 e. The monoisotopic (exact) mass is 290 g/mol. The number of aliphatic hydroxyl groups is 1. The van der Waals surface area contributed by atoms with Gasteiger partial charge in [0.2, 0.25) is 0 Å². The predicted molar refractivity (Wildman–Crippen MR) is 84.1 cm³/mol. The van der Waals surface area contributed by atoms with Crippen LogP contribution < -0.4 is 5.32 Å². The van der Waals surface area contributed by atoms with Crippen molar-refractivity contribution in [2.75, 3.05) is 20.7 Å². The lowest BCUT2D eigenvalue weighted by atomic mass is 9.86. The highest BCUT2D eigenvalue weighted by Gasteiger charge is 2.23. The van der Waals surface area contributed by atoms with Gasteiger partial charge in [0.25, 0.3) is 5.91 Å². The summed E-state index contributed by atoms with van der Waals surface area (Å²) >= 11 is 0. The highest BCUT2D eigenvalue weighted by atomic mass is 16.3. The smallest absolute Gasteiger partial charge is 0.251 e. The highest BCUT2D eigenvalue weighted by Crippen LogP contribution is 2.27. The zero-order chi connectivity index (χ0) is 15.2. The van der Waals surface area contributed by atoms with Gasteiger partial charge in [0.05, 0.1) is 0 Å². The normalized spacial score (nSPS) is 22.3. The van der Waals surface area contributed by atoms with Gasteiger partial charge in [-0.3, -0.25) is 9.69 Å². The van der Waals surface area contributed by atoms with Crippen LogP contribution in [0.2, 0.25) is 0 Å². The van der Waals surface area contributed by atoms with Crippen LogP contribution in [0.3, 0.4) is 0 Å². The molecule has 1 aliphatic rings. The van der Waals surface area contributed by atoms with Crippen molar-refractivity contribution in [2.24, 2.45) is 5.92 Å². The van der Waals surface area contributed by atoms with Crippen LogP contribution in [-0.2, 0) is 6.54 Å². The average molecular weight is 290 g/mol. The molecule has 0 saturated heterocycles. The third-order valence-corrected chi connectivity index (χ3v) is 4.55. The second kappa shape index (κ2) is 7.57. The quantitative estimate of drug-likeness (QED) is 0.872. The molecule has 4 heteroatoms. The summed E-state index contributed by atoms with van der Waals surface area (Å²) in [6.45, 7) is 1.18. The number of aliphatic hydroxyl groups excluding tert-OH is 1. The van der Waals surface area contributed by atoms with Crippen molar-refractivity contribution in [2.45, 2.75) is 38.3 Å². The van der Waals surface area contributed by atoms with Gasteiger partial charge in [0.15, 0.2) is 0 Å². The second-order valence-corrected chi connectivity index (χ2v) is 6.05. The van der Waals surface area contributed by atoms with E-state index in [1.165, 1.54) is 5.56 Å². The Balaban J connectivity index is 1.93. The van der Waals surface area contributed by atoms with E-state index in [0.717, 1.165) is 32.2 Å². The Morgan fingerprint density at radius 1 is 1.33 bits per heavy atom. The van der Waals surface area contributed by atoms with E-state index in [4.69, 9.17) is 0 Å². The number of carbonyl (C=O) groups excluding carboxylic acids is 1. The number of amides is 1. The lowest BCUT2D eigenvalue weighted by Crippen LogP contribution is -2.35. The number of nitrogens with one attached hydrogen (secondary N) is 1. The van der Waals surface area contributed by atoms with Gasteiger partial charge >= 0.3 is 0 Å². The summed E-state index contributed by atoms with van der Waals surface area (Å²) in [6.07, 6.45) is 4.53. The van der Waals surface area contributed by atoms with E-state index in [1.54, 1.807) is 7.05 Å². The molecule has 0 aromatic heterocycles. The molecule has 2 rings (SSSR count). The molecule has 0 aliphatic heterocycles. The minimum atomic E-state index is -0.0389. The first-order valence-corrected chi connectivity index (χ1v) is 7.76. The van der Waals surface area contributed by atoms with Crippen LogP contribution in [0.25, 0.3) is 0 Å². The first-order valence-electron chi connectivity index (χ1n) is 7.76. The first-order chi connectivity index (χ1) is 10.1. The molecule has 1 saturated carbocycles. The molecule has 0 radical (unpaired) electrons. The molecule has 2 N–H and O–H groups in total. The molecule has 0 heterocycles. The van der Waals surface area contributed by atoms with Crippen molar-refractivity contribution < 1.29 is 9.90 Å². The van der Waals surface area contributed by atoms with E-state index in [9.17, 15) is 9.90 Å². The summed E-state index contributed by atoms with van der Waals surface area (Å²) in [5.41, 5.74) is 1.88. The summed E-state index contributed by atoms with van der Waals surface area (Å²) < 4.78 is 0. The number of rotatable bonds is 5. The fraction of sp³-hybridized carbons (Fsp3) is 0.588. The molecule has 0 atom stereocenters. The molecule has 1 aliphatic carbocycles. The molecule has 1 amide bonds. The van der Waals surface area contributed by atoms with Gasteiger partial charge in [-0.25, -0.2) is 0 Å². The first kappa shape index (κ1) is 16.0. The Morgan fingerprint density at radius 2 is 2.05 bits per heavy atom. The Bertz CT molecular complexity index is 468. The second-order valence-electron chi connectivity index (χ2n) is 6.05. The van der Waals surface area contributed by atoms with Crippen molar-refractivity contribution in [1.29, 1.82) is 0 Å².